The monoisotopic (exact) mass is 359 g/mol. The third-order valence-corrected chi connectivity index (χ3v) is 5.27. The number of carbonyl (C=O) groups excluding carboxylic acids is 1. The van der Waals surface area contributed by atoms with Gasteiger partial charge >= 0.3 is 0 Å². The van der Waals surface area contributed by atoms with Gasteiger partial charge < -0.3 is 0 Å². The third kappa shape index (κ3) is 3.09. The maximum atomic E-state index is 13.0. The molecule has 1 amide bonds. The molecular weight excluding hydrogens is 342 g/mol. The molecule has 0 aliphatic heterocycles. The van der Waals surface area contributed by atoms with Crippen LogP contribution in [0, 0.1) is 13.8 Å². The number of fused-ring (bicyclic) bond motifs is 1. The number of thiazole rings is 1. The van der Waals surface area contributed by atoms with E-state index in [-0.39, 0.29) is 5.91 Å². The molecular formula is C21H17N3OS. The predicted octanol–water partition coefficient (Wildman–Crippen LogP) is 5.23. The molecule has 0 fully saturated rings. The number of hydrogen-bond donors (Lipinski definition) is 1. The number of carbonyl (C=O) groups is 1. The Bertz CT molecular complexity index is 1080. The number of pyridine rings is 1. The minimum absolute atomic E-state index is 0.172. The van der Waals surface area contributed by atoms with Crippen molar-refractivity contribution in [3.05, 3.63) is 76.8 Å². The first-order chi connectivity index (χ1) is 12.6. The Morgan fingerprint density at radius 3 is 2.42 bits per heavy atom. The minimum Gasteiger partial charge on any atom is -0.298 e. The van der Waals surface area contributed by atoms with Crippen LogP contribution < -0.4 is 5.32 Å². The molecule has 0 spiro atoms. The predicted molar refractivity (Wildman–Crippen MR) is 107 cm³/mol. The van der Waals surface area contributed by atoms with Crippen LogP contribution in [0.1, 0.15) is 20.9 Å². The first kappa shape index (κ1) is 16.4. The quantitative estimate of drug-likeness (QED) is 0.545. The number of aryl methyl sites for hydroxylation is 2. The molecule has 0 atom stereocenters. The number of nitrogens with zero attached hydrogens (tertiary/aromatic N) is 2. The highest BCUT2D eigenvalue weighted by atomic mass is 32.1. The molecule has 4 nitrogen and oxygen atoms in total. The van der Waals surface area contributed by atoms with Gasteiger partial charge in [-0.05, 0) is 26.0 Å². The lowest BCUT2D eigenvalue weighted by atomic mass is 10.0. The zero-order valence-corrected chi connectivity index (χ0v) is 15.3. The van der Waals surface area contributed by atoms with E-state index >= 15 is 0 Å². The molecule has 0 aliphatic rings. The topological polar surface area (TPSA) is 54.9 Å². The van der Waals surface area contributed by atoms with E-state index in [0.29, 0.717) is 10.7 Å². The fourth-order valence-corrected chi connectivity index (χ4v) is 3.62. The highest BCUT2D eigenvalue weighted by Gasteiger charge is 2.15. The van der Waals surface area contributed by atoms with Gasteiger partial charge in [0.1, 0.15) is 0 Å². The molecule has 26 heavy (non-hydrogen) atoms. The van der Waals surface area contributed by atoms with Crippen molar-refractivity contribution in [2.75, 3.05) is 5.32 Å². The average molecular weight is 359 g/mol. The van der Waals surface area contributed by atoms with Gasteiger partial charge in [0, 0.05) is 15.8 Å². The van der Waals surface area contributed by atoms with Crippen LogP contribution in [0.25, 0.3) is 22.2 Å². The summed E-state index contributed by atoms with van der Waals surface area (Å²) in [6.45, 7) is 3.94. The highest BCUT2D eigenvalue weighted by molar-refractivity contribution is 7.15. The maximum absolute atomic E-state index is 13.0. The van der Waals surface area contributed by atoms with Crippen LogP contribution >= 0.6 is 11.3 Å². The highest BCUT2D eigenvalue weighted by Crippen LogP contribution is 2.27. The summed E-state index contributed by atoms with van der Waals surface area (Å²) < 4.78 is 0. The summed E-state index contributed by atoms with van der Waals surface area (Å²) in [6.07, 6.45) is 0. The molecule has 2 heterocycles. The number of benzene rings is 2. The lowest BCUT2D eigenvalue weighted by molar-refractivity contribution is 0.102. The first-order valence-corrected chi connectivity index (χ1v) is 9.14. The lowest BCUT2D eigenvalue weighted by Crippen LogP contribution is -2.13. The molecule has 0 saturated carbocycles. The van der Waals surface area contributed by atoms with Gasteiger partial charge in [0.2, 0.25) is 0 Å². The summed E-state index contributed by atoms with van der Waals surface area (Å²) in [4.78, 5) is 23.2. The van der Waals surface area contributed by atoms with Crippen molar-refractivity contribution in [1.82, 2.24) is 9.97 Å². The normalized spacial score (nSPS) is 10.8. The van der Waals surface area contributed by atoms with Gasteiger partial charge in [0.05, 0.1) is 22.5 Å². The van der Waals surface area contributed by atoms with E-state index in [1.54, 1.807) is 0 Å². The van der Waals surface area contributed by atoms with E-state index in [1.807, 2.05) is 74.5 Å². The van der Waals surface area contributed by atoms with Crippen LogP contribution in [0.3, 0.4) is 0 Å². The second-order valence-electron chi connectivity index (χ2n) is 6.05. The third-order valence-electron chi connectivity index (χ3n) is 4.28. The van der Waals surface area contributed by atoms with Gasteiger partial charge in [-0.25, -0.2) is 9.97 Å². The first-order valence-electron chi connectivity index (χ1n) is 8.32. The Kier molecular flexibility index (Phi) is 4.22. The molecule has 0 bridgehead atoms. The van der Waals surface area contributed by atoms with Crippen molar-refractivity contribution in [3.63, 3.8) is 0 Å². The number of aromatic nitrogens is 2. The lowest BCUT2D eigenvalue weighted by Gasteiger charge is -2.09. The van der Waals surface area contributed by atoms with Gasteiger partial charge in [-0.1, -0.05) is 48.5 Å². The van der Waals surface area contributed by atoms with Crippen LogP contribution in [0.4, 0.5) is 5.13 Å². The largest absolute Gasteiger partial charge is 0.298 e. The van der Waals surface area contributed by atoms with Gasteiger partial charge in [0.25, 0.3) is 5.91 Å². The van der Waals surface area contributed by atoms with E-state index in [9.17, 15) is 4.79 Å². The van der Waals surface area contributed by atoms with Crippen LogP contribution in [-0.2, 0) is 0 Å². The molecule has 0 radical (unpaired) electrons. The molecule has 0 aliphatic carbocycles. The van der Waals surface area contributed by atoms with E-state index in [4.69, 9.17) is 4.98 Å². The SMILES string of the molecule is Cc1nc(NC(=O)c2cc(-c3ccccc3)nc3ccccc23)sc1C. The molecule has 2 aromatic heterocycles. The zero-order chi connectivity index (χ0) is 18.1. The number of amides is 1. The Labute approximate surface area is 155 Å². The van der Waals surface area contributed by atoms with Gasteiger partial charge in [0.15, 0.2) is 5.13 Å². The molecule has 2 aromatic carbocycles. The van der Waals surface area contributed by atoms with Crippen LogP contribution in [0.5, 0.6) is 0 Å². The van der Waals surface area contributed by atoms with Crippen molar-refractivity contribution < 1.29 is 4.79 Å². The van der Waals surface area contributed by atoms with Gasteiger partial charge in [-0.15, -0.1) is 11.3 Å². The molecule has 1 N–H and O–H groups in total. The summed E-state index contributed by atoms with van der Waals surface area (Å²) in [6, 6.07) is 19.4. The number of anilines is 1. The van der Waals surface area contributed by atoms with Crippen LogP contribution in [-0.4, -0.2) is 15.9 Å². The molecule has 5 heteroatoms. The summed E-state index contributed by atoms with van der Waals surface area (Å²) in [5, 5.41) is 4.38. The number of nitrogens with one attached hydrogen (secondary N) is 1. The van der Waals surface area contributed by atoms with Crippen molar-refractivity contribution in [2.24, 2.45) is 0 Å². The van der Waals surface area contributed by atoms with Crippen LogP contribution in [0.2, 0.25) is 0 Å². The second-order valence-corrected chi connectivity index (χ2v) is 7.26. The summed E-state index contributed by atoms with van der Waals surface area (Å²) >= 11 is 1.48. The van der Waals surface area contributed by atoms with Crippen LogP contribution in [0.15, 0.2) is 60.7 Å². The summed E-state index contributed by atoms with van der Waals surface area (Å²) in [5.74, 6) is -0.172. The Morgan fingerprint density at radius 2 is 1.69 bits per heavy atom. The van der Waals surface area contributed by atoms with Crippen molar-refractivity contribution >= 4 is 33.3 Å². The van der Waals surface area contributed by atoms with E-state index in [1.165, 1.54) is 11.3 Å². The minimum atomic E-state index is -0.172. The Balaban J connectivity index is 1.81. The van der Waals surface area contributed by atoms with E-state index < -0.39 is 0 Å². The summed E-state index contributed by atoms with van der Waals surface area (Å²) in [5.41, 5.74) is 4.09. The van der Waals surface area contributed by atoms with Crippen molar-refractivity contribution in [3.8, 4) is 11.3 Å². The van der Waals surface area contributed by atoms with Gasteiger partial charge in [-0.3, -0.25) is 10.1 Å². The molecule has 0 unspecified atom stereocenters. The number of rotatable bonds is 3. The van der Waals surface area contributed by atoms with Gasteiger partial charge in [-0.2, -0.15) is 0 Å². The van der Waals surface area contributed by atoms with Crippen molar-refractivity contribution in [1.29, 1.82) is 0 Å². The standard InChI is InChI=1S/C21H17N3OS/c1-13-14(2)26-21(22-13)24-20(25)17-12-19(15-8-4-3-5-9-15)23-18-11-7-6-10-16(17)18/h3-12H,1-2H3,(H,22,24,25). The Hall–Kier alpha value is -3.05. The van der Waals surface area contributed by atoms with Crippen molar-refractivity contribution in [2.45, 2.75) is 13.8 Å². The fourth-order valence-electron chi connectivity index (χ4n) is 2.81. The Morgan fingerprint density at radius 1 is 0.962 bits per heavy atom. The molecule has 4 aromatic rings. The van der Waals surface area contributed by atoms with E-state index in [2.05, 4.69) is 10.3 Å². The van der Waals surface area contributed by atoms with E-state index in [0.717, 1.165) is 32.7 Å². The fraction of sp³-hybridized carbons (Fsp3) is 0.0952. The smallest absolute Gasteiger partial charge is 0.258 e. The average Bonchev–Trinajstić information content (AvgIpc) is 2.98. The second kappa shape index (κ2) is 6.69. The maximum Gasteiger partial charge on any atom is 0.258 e. The molecule has 4 rings (SSSR count). The molecule has 128 valence electrons. The number of para-hydroxylation sites is 1. The number of hydrogen-bond acceptors (Lipinski definition) is 4. The summed E-state index contributed by atoms with van der Waals surface area (Å²) in [7, 11) is 0. The zero-order valence-electron chi connectivity index (χ0n) is 14.5. The molecule has 0 saturated heterocycles.